The number of nitro benzene ring substituents is 1. The van der Waals surface area contributed by atoms with E-state index in [-0.39, 0.29) is 11.6 Å². The van der Waals surface area contributed by atoms with Crippen LogP contribution in [0.5, 0.6) is 11.5 Å². The molecule has 1 aliphatic rings. The monoisotopic (exact) mass is 527 g/mol. The second-order valence-corrected chi connectivity index (χ2v) is 9.01. The molecule has 0 saturated carbocycles. The molecule has 5 rings (SSSR count). The third-order valence-corrected chi connectivity index (χ3v) is 6.67. The summed E-state index contributed by atoms with van der Waals surface area (Å²) < 4.78 is 12.7. The molecule has 2 heterocycles. The van der Waals surface area contributed by atoms with Crippen LogP contribution in [-0.4, -0.2) is 65.4 Å². The number of anilines is 1. The minimum atomic E-state index is -0.455. The number of carbonyl (C=O) groups is 1. The Bertz CT molecular complexity index is 1480. The third kappa shape index (κ3) is 5.40. The van der Waals surface area contributed by atoms with Gasteiger partial charge in [0.15, 0.2) is 0 Å². The smallest absolute Gasteiger partial charge is 0.272 e. The van der Waals surface area contributed by atoms with Gasteiger partial charge >= 0.3 is 0 Å². The van der Waals surface area contributed by atoms with E-state index in [1.165, 1.54) is 12.1 Å². The van der Waals surface area contributed by atoms with E-state index in [1.807, 2.05) is 60.4 Å². The molecular weight excluding hydrogens is 498 g/mol. The molecule has 0 bridgehead atoms. The Labute approximate surface area is 226 Å². The summed E-state index contributed by atoms with van der Waals surface area (Å²) in [5.41, 5.74) is 3.31. The number of piperazine rings is 1. The molecule has 0 radical (unpaired) electrons. The highest BCUT2D eigenvalue weighted by atomic mass is 16.6. The summed E-state index contributed by atoms with van der Waals surface area (Å²) in [4.78, 5) is 28.6. The standard InChI is InChI=1S/C29H29N5O5/c1-3-39-28-10-5-4-9-26(28)31-15-17-32(18-16-31)29(35)27-20-25(21-7-6-8-24(19-21)38-2)30-33(27)22-11-13-23(14-12-22)34(36)37/h4-14,19-20H,3,15-18H2,1-2H3. The predicted octanol–water partition coefficient (Wildman–Crippen LogP) is 4.82. The molecule has 10 heteroatoms. The highest BCUT2D eigenvalue weighted by Crippen LogP contribution is 2.30. The lowest BCUT2D eigenvalue weighted by atomic mass is 10.1. The molecule has 39 heavy (non-hydrogen) atoms. The quantitative estimate of drug-likeness (QED) is 0.239. The number of amides is 1. The lowest BCUT2D eigenvalue weighted by Crippen LogP contribution is -2.49. The zero-order valence-corrected chi connectivity index (χ0v) is 21.8. The average Bonchev–Trinajstić information content (AvgIpc) is 3.43. The van der Waals surface area contributed by atoms with Crippen LogP contribution in [0.2, 0.25) is 0 Å². The second kappa shape index (κ2) is 11.3. The first-order valence-corrected chi connectivity index (χ1v) is 12.7. The Morgan fingerprint density at radius 1 is 0.974 bits per heavy atom. The van der Waals surface area contributed by atoms with Crippen molar-refractivity contribution in [1.29, 1.82) is 0 Å². The van der Waals surface area contributed by atoms with Gasteiger partial charge in [0.1, 0.15) is 17.2 Å². The highest BCUT2D eigenvalue weighted by molar-refractivity contribution is 5.94. The predicted molar refractivity (Wildman–Crippen MR) is 148 cm³/mol. The molecule has 10 nitrogen and oxygen atoms in total. The molecule has 1 amide bonds. The van der Waals surface area contributed by atoms with Crippen LogP contribution in [0, 0.1) is 10.1 Å². The molecule has 1 saturated heterocycles. The molecule has 0 atom stereocenters. The molecule has 0 unspecified atom stereocenters. The molecule has 200 valence electrons. The summed E-state index contributed by atoms with van der Waals surface area (Å²) in [6.07, 6.45) is 0. The summed E-state index contributed by atoms with van der Waals surface area (Å²) in [5.74, 6) is 1.35. The number of rotatable bonds is 8. The molecule has 0 aliphatic carbocycles. The van der Waals surface area contributed by atoms with E-state index >= 15 is 0 Å². The van der Waals surface area contributed by atoms with Gasteiger partial charge in [0.2, 0.25) is 0 Å². The van der Waals surface area contributed by atoms with Crippen LogP contribution in [0.3, 0.4) is 0 Å². The van der Waals surface area contributed by atoms with E-state index in [0.29, 0.717) is 55.6 Å². The first-order valence-electron chi connectivity index (χ1n) is 12.7. The van der Waals surface area contributed by atoms with Crippen molar-refractivity contribution in [2.45, 2.75) is 6.92 Å². The van der Waals surface area contributed by atoms with Crippen LogP contribution in [-0.2, 0) is 0 Å². The summed E-state index contributed by atoms with van der Waals surface area (Å²) in [6.45, 7) is 4.91. The van der Waals surface area contributed by atoms with Crippen molar-refractivity contribution >= 4 is 17.3 Å². The van der Waals surface area contributed by atoms with Gasteiger partial charge in [-0.15, -0.1) is 0 Å². The summed E-state index contributed by atoms with van der Waals surface area (Å²) in [6, 6.07) is 23.1. The number of non-ortho nitro benzene ring substituents is 1. The van der Waals surface area contributed by atoms with Gasteiger partial charge in [-0.25, -0.2) is 4.68 Å². The zero-order chi connectivity index (χ0) is 27.4. The zero-order valence-electron chi connectivity index (χ0n) is 21.8. The number of nitro groups is 1. The van der Waals surface area contributed by atoms with Gasteiger partial charge in [-0.05, 0) is 49.4 Å². The fourth-order valence-electron chi connectivity index (χ4n) is 4.68. The number of carbonyl (C=O) groups excluding carboxylic acids is 1. The van der Waals surface area contributed by atoms with E-state index < -0.39 is 4.92 Å². The van der Waals surface area contributed by atoms with Crippen molar-refractivity contribution in [2.24, 2.45) is 0 Å². The lowest BCUT2D eigenvalue weighted by Gasteiger charge is -2.36. The van der Waals surface area contributed by atoms with Gasteiger partial charge < -0.3 is 19.3 Å². The van der Waals surface area contributed by atoms with E-state index in [4.69, 9.17) is 14.6 Å². The van der Waals surface area contributed by atoms with E-state index in [0.717, 1.165) is 17.0 Å². The van der Waals surface area contributed by atoms with Crippen molar-refractivity contribution in [3.8, 4) is 28.4 Å². The van der Waals surface area contributed by atoms with Crippen molar-refractivity contribution < 1.29 is 19.2 Å². The van der Waals surface area contributed by atoms with E-state index in [9.17, 15) is 14.9 Å². The van der Waals surface area contributed by atoms with Crippen LogP contribution < -0.4 is 14.4 Å². The maximum atomic E-state index is 13.8. The van der Waals surface area contributed by atoms with Crippen LogP contribution >= 0.6 is 0 Å². The molecule has 4 aromatic rings. The average molecular weight is 528 g/mol. The van der Waals surface area contributed by atoms with Crippen molar-refractivity contribution in [2.75, 3.05) is 44.8 Å². The number of hydrogen-bond donors (Lipinski definition) is 0. The second-order valence-electron chi connectivity index (χ2n) is 9.01. The van der Waals surface area contributed by atoms with Gasteiger partial charge in [0.05, 0.1) is 35.7 Å². The first-order chi connectivity index (χ1) is 19.0. The normalized spacial score (nSPS) is 13.3. The molecule has 0 spiro atoms. The molecule has 1 aliphatic heterocycles. The molecule has 1 fully saturated rings. The summed E-state index contributed by atoms with van der Waals surface area (Å²) in [5, 5.41) is 15.9. The number of aromatic nitrogens is 2. The number of methoxy groups -OCH3 is 1. The SMILES string of the molecule is CCOc1ccccc1N1CCN(C(=O)c2cc(-c3cccc(OC)c3)nn2-c2ccc([N+](=O)[O-])cc2)CC1. The molecule has 0 N–H and O–H groups in total. The topological polar surface area (TPSA) is 103 Å². The van der Waals surface area contributed by atoms with Gasteiger partial charge in [-0.2, -0.15) is 5.10 Å². The van der Waals surface area contributed by atoms with Crippen molar-refractivity contribution in [3.05, 3.63) is 94.7 Å². The Kier molecular flexibility index (Phi) is 7.44. The Morgan fingerprint density at radius 3 is 2.41 bits per heavy atom. The summed E-state index contributed by atoms with van der Waals surface area (Å²) >= 11 is 0. The third-order valence-electron chi connectivity index (χ3n) is 6.67. The molecule has 3 aromatic carbocycles. The summed E-state index contributed by atoms with van der Waals surface area (Å²) in [7, 11) is 1.59. The van der Waals surface area contributed by atoms with Crippen LogP contribution in [0.4, 0.5) is 11.4 Å². The number of benzene rings is 3. The fourth-order valence-corrected chi connectivity index (χ4v) is 4.68. The van der Waals surface area contributed by atoms with Gasteiger partial charge in [-0.3, -0.25) is 14.9 Å². The lowest BCUT2D eigenvalue weighted by molar-refractivity contribution is -0.384. The maximum Gasteiger partial charge on any atom is 0.272 e. The Morgan fingerprint density at radius 2 is 1.72 bits per heavy atom. The van der Waals surface area contributed by atoms with Gasteiger partial charge in [0, 0.05) is 43.9 Å². The fraction of sp³-hybridized carbons (Fsp3) is 0.241. The van der Waals surface area contributed by atoms with E-state index in [1.54, 1.807) is 30.0 Å². The van der Waals surface area contributed by atoms with Crippen LogP contribution in [0.25, 0.3) is 16.9 Å². The molecule has 1 aromatic heterocycles. The van der Waals surface area contributed by atoms with Crippen LogP contribution in [0.1, 0.15) is 17.4 Å². The molecular formula is C29H29N5O5. The maximum absolute atomic E-state index is 13.8. The largest absolute Gasteiger partial charge is 0.497 e. The highest BCUT2D eigenvalue weighted by Gasteiger charge is 2.27. The number of hydrogen-bond acceptors (Lipinski definition) is 7. The van der Waals surface area contributed by atoms with E-state index in [2.05, 4.69) is 4.90 Å². The number of nitrogens with zero attached hydrogens (tertiary/aromatic N) is 5. The Balaban J connectivity index is 1.44. The number of ether oxygens (including phenoxy) is 2. The number of para-hydroxylation sites is 2. The van der Waals surface area contributed by atoms with Crippen LogP contribution in [0.15, 0.2) is 78.9 Å². The van der Waals surface area contributed by atoms with Gasteiger partial charge in [0.25, 0.3) is 11.6 Å². The first kappa shape index (κ1) is 25.8. The van der Waals surface area contributed by atoms with Crippen molar-refractivity contribution in [3.63, 3.8) is 0 Å². The Hall–Kier alpha value is -4.86. The minimum Gasteiger partial charge on any atom is -0.497 e. The van der Waals surface area contributed by atoms with Crippen molar-refractivity contribution in [1.82, 2.24) is 14.7 Å². The minimum absolute atomic E-state index is 0.0322. The van der Waals surface area contributed by atoms with Gasteiger partial charge in [-0.1, -0.05) is 24.3 Å².